The zero-order chi connectivity index (χ0) is 20.0. The highest BCUT2D eigenvalue weighted by molar-refractivity contribution is 5.90. The number of carbonyl (C=O) groups excluding carboxylic acids is 1. The Kier molecular flexibility index (Phi) is 5.10. The average Bonchev–Trinajstić information content (AvgIpc) is 2.96. The van der Waals surface area contributed by atoms with Crippen LogP contribution in [0.2, 0.25) is 0 Å². The number of piperidine rings is 1. The zero-order valence-corrected chi connectivity index (χ0v) is 17.4. The maximum absolute atomic E-state index is 12.6. The summed E-state index contributed by atoms with van der Waals surface area (Å²) in [7, 11) is 4.22. The van der Waals surface area contributed by atoms with Crippen LogP contribution in [0.3, 0.4) is 0 Å². The summed E-state index contributed by atoms with van der Waals surface area (Å²) in [5.41, 5.74) is 4.90. The van der Waals surface area contributed by atoms with Crippen LogP contribution < -0.4 is 5.32 Å². The van der Waals surface area contributed by atoms with Crippen molar-refractivity contribution < 1.29 is 9.90 Å². The number of rotatable bonds is 4. The number of likely N-dealkylation sites (N-methyl/N-ethyl adjacent to an activating group) is 1. The van der Waals surface area contributed by atoms with Crippen LogP contribution in [-0.4, -0.2) is 64.3 Å². The minimum atomic E-state index is 0.0406. The molecule has 6 nitrogen and oxygen atoms in total. The number of nitrogens with one attached hydrogen (secondary N) is 1. The summed E-state index contributed by atoms with van der Waals surface area (Å²) in [5, 5.41) is 14.5. The quantitative estimate of drug-likeness (QED) is 0.851. The summed E-state index contributed by atoms with van der Waals surface area (Å²) in [6, 6.07) is 7.12. The number of fused-ring (bicyclic) bond motifs is 2. The van der Waals surface area contributed by atoms with Gasteiger partial charge < -0.3 is 24.8 Å². The lowest BCUT2D eigenvalue weighted by atomic mass is 9.73. The van der Waals surface area contributed by atoms with Gasteiger partial charge in [-0.15, -0.1) is 0 Å². The maximum Gasteiger partial charge on any atom is 0.317 e. The van der Waals surface area contributed by atoms with Gasteiger partial charge in [-0.1, -0.05) is 12.1 Å². The van der Waals surface area contributed by atoms with Crippen LogP contribution in [0.25, 0.3) is 10.9 Å². The van der Waals surface area contributed by atoms with Crippen molar-refractivity contribution in [2.45, 2.75) is 51.3 Å². The lowest BCUT2D eigenvalue weighted by Gasteiger charge is -2.46. The Balaban J connectivity index is 1.68. The van der Waals surface area contributed by atoms with E-state index in [1.54, 1.807) is 0 Å². The highest BCUT2D eigenvalue weighted by Crippen LogP contribution is 2.44. The van der Waals surface area contributed by atoms with Gasteiger partial charge in [0.15, 0.2) is 0 Å². The number of hydrogen-bond donors (Lipinski definition) is 2. The number of urea groups is 1. The molecule has 0 spiro atoms. The second-order valence-corrected chi connectivity index (χ2v) is 8.26. The van der Waals surface area contributed by atoms with E-state index in [2.05, 4.69) is 40.0 Å². The molecule has 152 valence electrons. The molecule has 2 heterocycles. The molecule has 1 aromatic heterocycles. The van der Waals surface area contributed by atoms with Crippen LogP contribution in [0, 0.1) is 0 Å². The predicted molar refractivity (Wildman–Crippen MR) is 112 cm³/mol. The van der Waals surface area contributed by atoms with Crippen molar-refractivity contribution in [1.82, 2.24) is 19.7 Å². The molecule has 0 unspecified atom stereocenters. The first-order chi connectivity index (χ1) is 13.5. The van der Waals surface area contributed by atoms with Crippen LogP contribution in [0.1, 0.15) is 43.0 Å². The number of likely N-dealkylation sites (tertiary alicyclic amines) is 1. The Morgan fingerprint density at radius 2 is 2.04 bits per heavy atom. The highest BCUT2D eigenvalue weighted by atomic mass is 16.3. The fraction of sp³-hybridized carbons (Fsp3) is 0.591. The molecule has 2 aliphatic rings. The average molecular weight is 385 g/mol. The van der Waals surface area contributed by atoms with E-state index < -0.39 is 0 Å². The molecule has 2 amide bonds. The molecule has 0 radical (unpaired) electrons. The van der Waals surface area contributed by atoms with E-state index >= 15 is 0 Å². The molecule has 28 heavy (non-hydrogen) atoms. The number of hydrogen-bond acceptors (Lipinski definition) is 3. The predicted octanol–water partition coefficient (Wildman–Crippen LogP) is 2.43. The Morgan fingerprint density at radius 1 is 1.29 bits per heavy atom. The molecule has 3 atom stereocenters. The van der Waals surface area contributed by atoms with Crippen LogP contribution in [-0.2, 0) is 20.1 Å². The Morgan fingerprint density at radius 3 is 2.71 bits per heavy atom. The SMILES string of the molecule is CCN(CC)C(=O)N[C@H]1C[C@@H]2c3cccc4c3c(c(CO)n4C)C[C@H]2N(C)C1. The van der Waals surface area contributed by atoms with Crippen LogP contribution in [0.4, 0.5) is 4.79 Å². The van der Waals surface area contributed by atoms with Crippen molar-refractivity contribution in [2.75, 3.05) is 26.7 Å². The molecular weight excluding hydrogens is 352 g/mol. The monoisotopic (exact) mass is 384 g/mol. The van der Waals surface area contributed by atoms with Crippen molar-refractivity contribution in [2.24, 2.45) is 7.05 Å². The summed E-state index contributed by atoms with van der Waals surface area (Å²) in [6.45, 7) is 6.43. The lowest BCUT2D eigenvalue weighted by Crippen LogP contribution is -2.56. The second-order valence-electron chi connectivity index (χ2n) is 8.26. The number of benzene rings is 1. The molecule has 0 saturated carbocycles. The molecule has 1 aliphatic heterocycles. The van der Waals surface area contributed by atoms with E-state index in [4.69, 9.17) is 0 Å². The number of aryl methyl sites for hydroxylation is 1. The van der Waals surface area contributed by atoms with Gasteiger partial charge in [-0.3, -0.25) is 0 Å². The third-order valence-electron chi connectivity index (χ3n) is 6.91. The number of nitrogens with zero attached hydrogens (tertiary/aromatic N) is 3. The van der Waals surface area contributed by atoms with Crippen molar-refractivity contribution in [1.29, 1.82) is 0 Å². The largest absolute Gasteiger partial charge is 0.390 e. The minimum absolute atomic E-state index is 0.0406. The number of aliphatic hydroxyl groups excluding tert-OH is 1. The van der Waals surface area contributed by atoms with Crippen molar-refractivity contribution in [3.05, 3.63) is 35.0 Å². The summed E-state index contributed by atoms with van der Waals surface area (Å²) >= 11 is 0. The first-order valence-corrected chi connectivity index (χ1v) is 10.5. The van der Waals surface area contributed by atoms with Crippen molar-refractivity contribution in [3.63, 3.8) is 0 Å². The van der Waals surface area contributed by atoms with E-state index in [-0.39, 0.29) is 18.7 Å². The van der Waals surface area contributed by atoms with Gasteiger partial charge in [0.1, 0.15) is 0 Å². The number of aromatic nitrogens is 1. The first-order valence-electron chi connectivity index (χ1n) is 10.5. The molecule has 4 rings (SSSR count). The van der Waals surface area contributed by atoms with Gasteiger partial charge in [0.25, 0.3) is 0 Å². The van der Waals surface area contributed by atoms with E-state index in [0.29, 0.717) is 12.0 Å². The fourth-order valence-electron chi connectivity index (χ4n) is 5.44. The molecule has 1 saturated heterocycles. The fourth-order valence-corrected chi connectivity index (χ4v) is 5.44. The van der Waals surface area contributed by atoms with Gasteiger partial charge in [0.05, 0.1) is 6.61 Å². The number of aliphatic hydroxyl groups is 1. The van der Waals surface area contributed by atoms with E-state index in [0.717, 1.165) is 38.2 Å². The Labute approximate surface area is 167 Å². The van der Waals surface area contributed by atoms with E-state index in [1.807, 2.05) is 25.8 Å². The lowest BCUT2D eigenvalue weighted by molar-refractivity contribution is 0.123. The standard InChI is InChI=1S/C22H32N4O2/c1-5-26(6-2)22(28)23-14-10-16-15-8-7-9-18-21(15)17(20(13-27)25(18)4)11-19(16)24(3)12-14/h7-9,14,16,19,27H,5-6,10-13H2,1-4H3,(H,23,28)/t14-,16+,19+/m0/s1. The zero-order valence-electron chi connectivity index (χ0n) is 17.4. The van der Waals surface area contributed by atoms with Gasteiger partial charge in [0.2, 0.25) is 0 Å². The van der Waals surface area contributed by atoms with Gasteiger partial charge in [0, 0.05) is 61.3 Å². The van der Waals surface area contributed by atoms with E-state index in [9.17, 15) is 9.90 Å². The molecule has 0 bridgehead atoms. The summed E-state index contributed by atoms with van der Waals surface area (Å²) in [5.74, 6) is 0.394. The van der Waals surface area contributed by atoms with Crippen LogP contribution >= 0.6 is 0 Å². The van der Waals surface area contributed by atoms with Crippen LogP contribution in [0.15, 0.2) is 18.2 Å². The normalized spacial score (nSPS) is 24.2. The van der Waals surface area contributed by atoms with Crippen molar-refractivity contribution in [3.8, 4) is 0 Å². The Bertz CT molecular complexity index is 886. The molecule has 1 fully saturated rings. The van der Waals surface area contributed by atoms with Gasteiger partial charge in [-0.2, -0.15) is 0 Å². The third-order valence-corrected chi connectivity index (χ3v) is 6.91. The van der Waals surface area contributed by atoms with Crippen LogP contribution in [0.5, 0.6) is 0 Å². The molecule has 1 aromatic carbocycles. The molecule has 1 aliphatic carbocycles. The Hall–Kier alpha value is -2.05. The second kappa shape index (κ2) is 7.41. The van der Waals surface area contributed by atoms with Gasteiger partial charge in [-0.25, -0.2) is 4.79 Å². The minimum Gasteiger partial charge on any atom is -0.390 e. The molecular formula is C22H32N4O2. The molecule has 6 heteroatoms. The summed E-state index contributed by atoms with van der Waals surface area (Å²) in [6.07, 6.45) is 1.92. The van der Waals surface area contributed by atoms with Gasteiger partial charge in [-0.05, 0) is 50.9 Å². The first kappa shape index (κ1) is 19.3. The van der Waals surface area contributed by atoms with Crippen molar-refractivity contribution >= 4 is 16.9 Å². The smallest absolute Gasteiger partial charge is 0.317 e. The summed E-state index contributed by atoms with van der Waals surface area (Å²) < 4.78 is 2.14. The van der Waals surface area contributed by atoms with E-state index in [1.165, 1.54) is 22.0 Å². The number of carbonyl (C=O) groups is 1. The molecule has 2 N–H and O–H groups in total. The topological polar surface area (TPSA) is 60.7 Å². The third kappa shape index (κ3) is 2.90. The summed E-state index contributed by atoms with van der Waals surface area (Å²) in [4.78, 5) is 16.8. The highest BCUT2D eigenvalue weighted by Gasteiger charge is 2.41. The maximum atomic E-state index is 12.6. The number of amides is 2. The van der Waals surface area contributed by atoms with Gasteiger partial charge >= 0.3 is 6.03 Å². The molecule has 2 aromatic rings.